The zero-order chi connectivity index (χ0) is 16.8. The summed E-state index contributed by atoms with van der Waals surface area (Å²) in [5.74, 6) is 1.13. The van der Waals surface area contributed by atoms with Crippen molar-refractivity contribution in [3.63, 3.8) is 0 Å². The molecule has 0 bridgehead atoms. The van der Waals surface area contributed by atoms with E-state index in [9.17, 15) is 4.79 Å². The molecule has 0 unspecified atom stereocenters. The summed E-state index contributed by atoms with van der Waals surface area (Å²) in [6.07, 6.45) is 0. The average molecular weight is 354 g/mol. The minimum Gasteiger partial charge on any atom is -0.496 e. The molecule has 2 aromatic carbocycles. The molecule has 4 nitrogen and oxygen atoms in total. The first kappa shape index (κ1) is 17.4. The van der Waals surface area contributed by atoms with Gasteiger partial charge in [0.1, 0.15) is 11.5 Å². The summed E-state index contributed by atoms with van der Waals surface area (Å²) < 4.78 is 10.7. The lowest BCUT2D eigenvalue weighted by atomic mass is 10.2. The van der Waals surface area contributed by atoms with E-state index in [0.29, 0.717) is 28.1 Å². The molecule has 122 valence electrons. The van der Waals surface area contributed by atoms with E-state index in [2.05, 4.69) is 0 Å². The van der Waals surface area contributed by atoms with Crippen LogP contribution in [0.4, 0.5) is 0 Å². The number of hydrogen-bond donors (Lipinski definition) is 0. The molecular formula is C17H17Cl2NO3. The third-order valence-corrected chi connectivity index (χ3v) is 3.74. The number of likely N-dealkylation sites (N-methyl/N-ethyl adjacent to an activating group) is 1. The molecule has 0 fully saturated rings. The average Bonchev–Trinajstić information content (AvgIpc) is 2.54. The molecule has 2 aromatic rings. The fourth-order valence-electron chi connectivity index (χ4n) is 2.00. The zero-order valence-electron chi connectivity index (χ0n) is 12.9. The SMILES string of the molecule is COc1ccc(Cl)cc1CN(C)C(=O)COc1ccc(Cl)cc1. The number of carbonyl (C=O) groups excluding carboxylic acids is 1. The van der Waals surface area contributed by atoms with Crippen LogP contribution in [0, 0.1) is 0 Å². The van der Waals surface area contributed by atoms with Crippen LogP contribution in [0.3, 0.4) is 0 Å². The van der Waals surface area contributed by atoms with Gasteiger partial charge in [-0.2, -0.15) is 0 Å². The van der Waals surface area contributed by atoms with E-state index in [1.165, 1.54) is 0 Å². The fourth-order valence-corrected chi connectivity index (χ4v) is 2.32. The minimum atomic E-state index is -0.151. The molecule has 0 radical (unpaired) electrons. The van der Waals surface area contributed by atoms with Crippen LogP contribution in [0.2, 0.25) is 10.0 Å². The van der Waals surface area contributed by atoms with Gasteiger partial charge in [0.15, 0.2) is 6.61 Å². The first-order valence-electron chi connectivity index (χ1n) is 6.94. The van der Waals surface area contributed by atoms with Crippen LogP contribution >= 0.6 is 23.2 Å². The first-order valence-corrected chi connectivity index (χ1v) is 7.70. The molecule has 6 heteroatoms. The standard InChI is InChI=1S/C17H17Cl2NO3/c1-20(10-12-9-14(19)5-8-16(12)22-2)17(21)11-23-15-6-3-13(18)4-7-15/h3-9H,10-11H2,1-2H3. The van der Waals surface area contributed by atoms with Crippen LogP contribution in [0.5, 0.6) is 11.5 Å². The molecule has 0 aliphatic carbocycles. The maximum absolute atomic E-state index is 12.2. The highest BCUT2D eigenvalue weighted by Crippen LogP contribution is 2.24. The minimum absolute atomic E-state index is 0.0546. The monoisotopic (exact) mass is 353 g/mol. The Bertz CT molecular complexity index is 674. The molecule has 0 aromatic heterocycles. The Kier molecular flexibility index (Phi) is 6.13. The number of amides is 1. The second-order valence-corrected chi connectivity index (χ2v) is 5.82. The second kappa shape index (κ2) is 8.09. The predicted molar refractivity (Wildman–Crippen MR) is 91.4 cm³/mol. The summed E-state index contributed by atoms with van der Waals surface area (Å²) in [6, 6.07) is 12.2. The molecule has 0 aliphatic heterocycles. The molecule has 0 saturated heterocycles. The van der Waals surface area contributed by atoms with E-state index >= 15 is 0 Å². The predicted octanol–water partition coefficient (Wildman–Crippen LogP) is 4.04. The Morgan fingerprint density at radius 3 is 2.39 bits per heavy atom. The number of hydrogen-bond acceptors (Lipinski definition) is 3. The summed E-state index contributed by atoms with van der Waals surface area (Å²) in [5, 5.41) is 1.22. The maximum atomic E-state index is 12.2. The summed E-state index contributed by atoms with van der Waals surface area (Å²) >= 11 is 11.8. The third kappa shape index (κ3) is 5.05. The van der Waals surface area contributed by atoms with Gasteiger partial charge in [0.2, 0.25) is 0 Å². The van der Waals surface area contributed by atoms with Crippen LogP contribution in [-0.4, -0.2) is 31.6 Å². The number of rotatable bonds is 6. The van der Waals surface area contributed by atoms with E-state index < -0.39 is 0 Å². The van der Waals surface area contributed by atoms with Crippen molar-refractivity contribution in [3.05, 3.63) is 58.1 Å². The van der Waals surface area contributed by atoms with E-state index in [-0.39, 0.29) is 12.5 Å². The maximum Gasteiger partial charge on any atom is 0.260 e. The van der Waals surface area contributed by atoms with Crippen LogP contribution in [-0.2, 0) is 11.3 Å². The van der Waals surface area contributed by atoms with Gasteiger partial charge in [0.25, 0.3) is 5.91 Å². The van der Waals surface area contributed by atoms with Gasteiger partial charge in [-0.25, -0.2) is 0 Å². The number of methoxy groups -OCH3 is 1. The van der Waals surface area contributed by atoms with E-state index in [1.807, 2.05) is 0 Å². The second-order valence-electron chi connectivity index (χ2n) is 4.95. The van der Waals surface area contributed by atoms with Crippen molar-refractivity contribution in [2.45, 2.75) is 6.54 Å². The lowest BCUT2D eigenvalue weighted by Gasteiger charge is -2.19. The van der Waals surface area contributed by atoms with Gasteiger partial charge in [-0.05, 0) is 42.5 Å². The molecular weight excluding hydrogens is 337 g/mol. The third-order valence-electron chi connectivity index (χ3n) is 3.25. The molecule has 23 heavy (non-hydrogen) atoms. The van der Waals surface area contributed by atoms with Gasteiger partial charge in [0, 0.05) is 29.2 Å². The van der Waals surface area contributed by atoms with Crippen LogP contribution in [0.15, 0.2) is 42.5 Å². The summed E-state index contributed by atoms with van der Waals surface area (Å²) in [5.41, 5.74) is 0.836. The molecule has 2 rings (SSSR count). The number of ether oxygens (including phenoxy) is 2. The Labute approximate surface area is 145 Å². The van der Waals surface area contributed by atoms with Crippen molar-refractivity contribution in [2.75, 3.05) is 20.8 Å². The number of nitrogens with zero attached hydrogens (tertiary/aromatic N) is 1. The highest BCUT2D eigenvalue weighted by molar-refractivity contribution is 6.30. The van der Waals surface area contributed by atoms with E-state index in [4.69, 9.17) is 32.7 Å². The highest BCUT2D eigenvalue weighted by Gasteiger charge is 2.13. The molecule has 0 aliphatic rings. The lowest BCUT2D eigenvalue weighted by molar-refractivity contribution is -0.132. The van der Waals surface area contributed by atoms with Gasteiger partial charge < -0.3 is 14.4 Å². The number of benzene rings is 2. The first-order chi connectivity index (χ1) is 11.0. The van der Waals surface area contributed by atoms with Crippen LogP contribution < -0.4 is 9.47 Å². The number of carbonyl (C=O) groups is 1. The van der Waals surface area contributed by atoms with Gasteiger partial charge in [-0.15, -0.1) is 0 Å². The normalized spacial score (nSPS) is 10.3. The summed E-state index contributed by atoms with van der Waals surface area (Å²) in [4.78, 5) is 13.7. The Hall–Kier alpha value is -1.91. The Morgan fingerprint density at radius 1 is 1.09 bits per heavy atom. The largest absolute Gasteiger partial charge is 0.496 e. The van der Waals surface area contributed by atoms with E-state index in [1.54, 1.807) is 61.5 Å². The highest BCUT2D eigenvalue weighted by atomic mass is 35.5. The van der Waals surface area contributed by atoms with Crippen LogP contribution in [0.25, 0.3) is 0 Å². The van der Waals surface area contributed by atoms with Crippen molar-refractivity contribution in [1.82, 2.24) is 4.90 Å². The quantitative estimate of drug-likeness (QED) is 0.786. The lowest BCUT2D eigenvalue weighted by Crippen LogP contribution is -2.31. The van der Waals surface area contributed by atoms with Crippen molar-refractivity contribution < 1.29 is 14.3 Å². The fraction of sp³-hybridized carbons (Fsp3) is 0.235. The smallest absolute Gasteiger partial charge is 0.260 e. The van der Waals surface area contributed by atoms with E-state index in [0.717, 1.165) is 5.56 Å². The molecule has 0 heterocycles. The zero-order valence-corrected chi connectivity index (χ0v) is 14.4. The van der Waals surface area contributed by atoms with Gasteiger partial charge in [-0.3, -0.25) is 4.79 Å². The number of halogens is 2. The Morgan fingerprint density at radius 2 is 1.74 bits per heavy atom. The van der Waals surface area contributed by atoms with Gasteiger partial charge in [-0.1, -0.05) is 23.2 Å². The van der Waals surface area contributed by atoms with Crippen molar-refractivity contribution in [2.24, 2.45) is 0 Å². The van der Waals surface area contributed by atoms with Crippen molar-refractivity contribution in [3.8, 4) is 11.5 Å². The van der Waals surface area contributed by atoms with Crippen molar-refractivity contribution >= 4 is 29.1 Å². The summed E-state index contributed by atoms with van der Waals surface area (Å²) in [7, 11) is 3.28. The topological polar surface area (TPSA) is 38.8 Å². The Balaban J connectivity index is 1.94. The molecule has 0 spiro atoms. The molecule has 0 atom stereocenters. The molecule has 1 amide bonds. The summed E-state index contributed by atoms with van der Waals surface area (Å²) in [6.45, 7) is 0.327. The van der Waals surface area contributed by atoms with Crippen molar-refractivity contribution in [1.29, 1.82) is 0 Å². The molecule has 0 saturated carbocycles. The van der Waals surface area contributed by atoms with Gasteiger partial charge >= 0.3 is 0 Å². The van der Waals surface area contributed by atoms with Gasteiger partial charge in [0.05, 0.1) is 7.11 Å². The van der Waals surface area contributed by atoms with Crippen LogP contribution in [0.1, 0.15) is 5.56 Å². The molecule has 0 N–H and O–H groups in total.